The van der Waals surface area contributed by atoms with Crippen LogP contribution in [0, 0.1) is 17.1 Å². The first-order valence-corrected chi connectivity index (χ1v) is 11.4. The summed E-state index contributed by atoms with van der Waals surface area (Å²) in [5, 5.41) is 9.18. The van der Waals surface area contributed by atoms with Crippen LogP contribution in [0.1, 0.15) is 23.1 Å². The number of sulfonamides is 1. The van der Waals surface area contributed by atoms with Crippen molar-refractivity contribution in [2.45, 2.75) is 25.2 Å². The molecule has 31 heavy (non-hydrogen) atoms. The van der Waals surface area contributed by atoms with E-state index in [1.165, 1.54) is 27.4 Å². The fourth-order valence-corrected chi connectivity index (χ4v) is 4.72. The number of anilines is 1. The van der Waals surface area contributed by atoms with E-state index in [0.717, 1.165) is 24.5 Å². The minimum absolute atomic E-state index is 0.0340. The first-order chi connectivity index (χ1) is 14.4. The molecule has 0 aliphatic carbocycles. The molecule has 1 fully saturated rings. The maximum atomic E-state index is 14.5. The lowest BCUT2D eigenvalue weighted by molar-refractivity contribution is -0.138. The number of nitrogens with zero attached hydrogens (tertiary/aromatic N) is 3. The summed E-state index contributed by atoms with van der Waals surface area (Å²) in [4.78, 5) is 1.51. The van der Waals surface area contributed by atoms with Crippen LogP contribution in [0.2, 0.25) is 5.02 Å². The minimum atomic E-state index is -4.76. The molecule has 5 nitrogen and oxygen atoms in total. The van der Waals surface area contributed by atoms with Crippen molar-refractivity contribution in [1.29, 1.82) is 5.26 Å². The molecule has 2 aromatic carbocycles. The van der Waals surface area contributed by atoms with Crippen LogP contribution >= 0.6 is 11.6 Å². The van der Waals surface area contributed by atoms with Gasteiger partial charge in [-0.3, -0.25) is 0 Å². The average molecular weight is 476 g/mol. The van der Waals surface area contributed by atoms with Crippen molar-refractivity contribution in [2.75, 3.05) is 24.2 Å². The topological polar surface area (TPSA) is 64.4 Å². The zero-order valence-electron chi connectivity index (χ0n) is 16.3. The largest absolute Gasteiger partial charge is 0.416 e. The highest BCUT2D eigenvalue weighted by molar-refractivity contribution is 7.88. The summed E-state index contributed by atoms with van der Waals surface area (Å²) < 4.78 is 80.1. The fraction of sp³-hybridized carbons (Fsp3) is 0.350. The standard InChI is InChI=1S/C20H18ClF4N3O2S/c1-31(29,30)27-8-7-15(11-27)28(14-6-5-13(10-26)18(21)9-14)12-16-17(20(23,24)25)3-2-4-19(16)22/h2-6,9,15H,7-8,11-12H2,1H3/t15-/m0/s1. The Morgan fingerprint density at radius 1 is 1.29 bits per heavy atom. The number of rotatable bonds is 5. The number of alkyl halides is 3. The maximum Gasteiger partial charge on any atom is 0.416 e. The molecule has 1 heterocycles. The summed E-state index contributed by atoms with van der Waals surface area (Å²) >= 11 is 6.11. The molecular formula is C20H18ClF4N3O2S. The smallest absolute Gasteiger partial charge is 0.363 e. The summed E-state index contributed by atoms with van der Waals surface area (Å²) in [5.41, 5.74) is -1.11. The van der Waals surface area contributed by atoms with Crippen LogP contribution in [-0.4, -0.2) is 38.1 Å². The van der Waals surface area contributed by atoms with E-state index in [1.54, 1.807) is 0 Å². The summed E-state index contributed by atoms with van der Waals surface area (Å²) in [7, 11) is -3.50. The van der Waals surface area contributed by atoms with Gasteiger partial charge in [0.25, 0.3) is 0 Å². The predicted octanol–water partition coefficient (Wildman–Crippen LogP) is 4.41. The second kappa shape index (κ2) is 8.65. The van der Waals surface area contributed by atoms with Crippen LogP contribution in [0.15, 0.2) is 36.4 Å². The van der Waals surface area contributed by atoms with Crippen molar-refractivity contribution >= 4 is 27.3 Å². The molecule has 0 aromatic heterocycles. The summed E-state index contributed by atoms with van der Waals surface area (Å²) in [6, 6.07) is 8.46. The fourth-order valence-electron chi connectivity index (χ4n) is 3.63. The SMILES string of the molecule is CS(=O)(=O)N1CC[C@H](N(Cc2c(F)cccc2C(F)(F)F)c2ccc(C#N)c(Cl)c2)C1. The van der Waals surface area contributed by atoms with E-state index in [4.69, 9.17) is 16.9 Å². The highest BCUT2D eigenvalue weighted by atomic mass is 35.5. The zero-order valence-corrected chi connectivity index (χ0v) is 17.9. The van der Waals surface area contributed by atoms with Gasteiger partial charge in [0.1, 0.15) is 11.9 Å². The second-order valence-electron chi connectivity index (χ2n) is 7.23. The molecule has 2 aromatic rings. The van der Waals surface area contributed by atoms with Gasteiger partial charge >= 0.3 is 6.18 Å². The van der Waals surface area contributed by atoms with E-state index in [9.17, 15) is 26.0 Å². The van der Waals surface area contributed by atoms with Gasteiger partial charge in [-0.25, -0.2) is 17.1 Å². The van der Waals surface area contributed by atoms with Gasteiger partial charge < -0.3 is 4.90 Å². The second-order valence-corrected chi connectivity index (χ2v) is 9.62. The van der Waals surface area contributed by atoms with Crippen LogP contribution in [0.25, 0.3) is 0 Å². The van der Waals surface area contributed by atoms with E-state index >= 15 is 0 Å². The lowest BCUT2D eigenvalue weighted by Crippen LogP contribution is -2.39. The molecule has 166 valence electrons. The molecule has 1 atom stereocenters. The van der Waals surface area contributed by atoms with Gasteiger partial charge in [-0.2, -0.15) is 18.4 Å². The van der Waals surface area contributed by atoms with Gasteiger partial charge in [-0.05, 0) is 36.8 Å². The first-order valence-electron chi connectivity index (χ1n) is 9.18. The van der Waals surface area contributed by atoms with Crippen molar-refractivity contribution in [1.82, 2.24) is 4.31 Å². The number of nitriles is 1. The molecule has 1 aliphatic rings. The van der Waals surface area contributed by atoms with Gasteiger partial charge in [-0.15, -0.1) is 0 Å². The Kier molecular flexibility index (Phi) is 6.51. The Morgan fingerprint density at radius 2 is 2.00 bits per heavy atom. The third-order valence-corrected chi connectivity index (χ3v) is 6.78. The molecule has 0 unspecified atom stereocenters. The van der Waals surface area contributed by atoms with Gasteiger partial charge in [0, 0.05) is 36.9 Å². The Morgan fingerprint density at radius 3 is 2.55 bits per heavy atom. The maximum absolute atomic E-state index is 14.5. The molecule has 0 bridgehead atoms. The molecule has 11 heteroatoms. The normalized spacial score (nSPS) is 17.5. The number of benzene rings is 2. The molecule has 1 saturated heterocycles. The van der Waals surface area contributed by atoms with Gasteiger partial charge in [0.15, 0.2) is 0 Å². The lowest BCUT2D eigenvalue weighted by Gasteiger charge is -2.32. The lowest BCUT2D eigenvalue weighted by atomic mass is 10.0. The van der Waals surface area contributed by atoms with Crippen LogP contribution in [0.5, 0.6) is 0 Å². The Bertz CT molecular complexity index is 1130. The quantitative estimate of drug-likeness (QED) is 0.601. The Hall–Kier alpha value is -2.35. The van der Waals surface area contributed by atoms with Crippen molar-refractivity contribution in [2.24, 2.45) is 0 Å². The highest BCUT2D eigenvalue weighted by Gasteiger charge is 2.37. The molecule has 0 radical (unpaired) electrons. The van der Waals surface area contributed by atoms with Gasteiger partial charge in [0.2, 0.25) is 10.0 Å². The monoisotopic (exact) mass is 475 g/mol. The molecule has 0 spiro atoms. The summed E-state index contributed by atoms with van der Waals surface area (Å²) in [6.45, 7) is -0.230. The van der Waals surface area contributed by atoms with Crippen molar-refractivity contribution in [3.05, 3.63) is 63.9 Å². The van der Waals surface area contributed by atoms with Crippen LogP contribution in [-0.2, 0) is 22.7 Å². The van der Waals surface area contributed by atoms with Crippen LogP contribution < -0.4 is 4.90 Å². The predicted molar refractivity (Wildman–Crippen MR) is 109 cm³/mol. The molecule has 3 rings (SSSR count). The van der Waals surface area contributed by atoms with Crippen molar-refractivity contribution < 1.29 is 26.0 Å². The Balaban J connectivity index is 2.07. The van der Waals surface area contributed by atoms with Crippen LogP contribution in [0.3, 0.4) is 0 Å². The molecule has 1 aliphatic heterocycles. The van der Waals surface area contributed by atoms with E-state index in [2.05, 4.69) is 0 Å². The van der Waals surface area contributed by atoms with Crippen molar-refractivity contribution in [3.63, 3.8) is 0 Å². The van der Waals surface area contributed by atoms with E-state index in [1.807, 2.05) is 6.07 Å². The molecule has 0 amide bonds. The number of halogens is 5. The van der Waals surface area contributed by atoms with E-state index in [-0.39, 0.29) is 23.7 Å². The van der Waals surface area contributed by atoms with E-state index in [0.29, 0.717) is 12.1 Å². The molecular weight excluding hydrogens is 458 g/mol. The molecule has 0 saturated carbocycles. The van der Waals surface area contributed by atoms with Gasteiger partial charge in [0.05, 0.1) is 22.4 Å². The summed E-state index contributed by atoms with van der Waals surface area (Å²) in [5.74, 6) is -1.02. The third kappa shape index (κ3) is 5.11. The average Bonchev–Trinajstić information content (AvgIpc) is 3.16. The zero-order chi connectivity index (χ0) is 23.0. The number of hydrogen-bond donors (Lipinski definition) is 0. The summed E-state index contributed by atoms with van der Waals surface area (Å²) in [6.07, 6.45) is -3.38. The van der Waals surface area contributed by atoms with E-state index < -0.39 is 45.7 Å². The van der Waals surface area contributed by atoms with Gasteiger partial charge in [-0.1, -0.05) is 17.7 Å². The first kappa shape index (κ1) is 23.3. The number of hydrogen-bond acceptors (Lipinski definition) is 4. The third-order valence-electron chi connectivity index (χ3n) is 5.19. The van der Waals surface area contributed by atoms with Crippen molar-refractivity contribution in [3.8, 4) is 6.07 Å². The Labute approximate surface area is 182 Å². The minimum Gasteiger partial charge on any atom is -0.363 e. The molecule has 0 N–H and O–H groups in total. The highest BCUT2D eigenvalue weighted by Crippen LogP contribution is 2.36. The van der Waals surface area contributed by atoms with Crippen LogP contribution in [0.4, 0.5) is 23.2 Å².